The number of carbonyl (C=O) groups excluding carboxylic acids is 1. The SMILES string of the molecule is COC(=O)C(C)(C)Cn1c(=O)n(C2CCC2)c2cc(/C=N/N(C)C3=NS(=O)(=O)c4ccccc43)ccc21. The number of methoxy groups -OCH3 is 1. The standard InChI is InChI=1S/C26H29N5O5S/c1-26(2,24(32)36-4)16-30-20-13-12-17(14-21(20)31(25(30)33)18-8-7-9-18)15-27-29(3)23-19-10-5-6-11-22(19)37(34,35)28-23/h5-6,10-15,18H,7-9,16H2,1-4H3/b27-15+. The Hall–Kier alpha value is -3.73. The van der Waals surface area contributed by atoms with Gasteiger partial charge in [0.1, 0.15) is 4.90 Å². The van der Waals surface area contributed by atoms with Crippen LogP contribution in [0.5, 0.6) is 0 Å². The molecule has 1 aromatic heterocycles. The van der Waals surface area contributed by atoms with Crippen molar-refractivity contribution in [2.75, 3.05) is 14.2 Å². The lowest BCUT2D eigenvalue weighted by atomic mass is 9.93. The van der Waals surface area contributed by atoms with E-state index in [0.29, 0.717) is 5.56 Å². The van der Waals surface area contributed by atoms with Gasteiger partial charge in [-0.15, -0.1) is 4.40 Å². The molecule has 2 aromatic carbocycles. The highest BCUT2D eigenvalue weighted by Crippen LogP contribution is 2.34. The maximum atomic E-state index is 13.5. The summed E-state index contributed by atoms with van der Waals surface area (Å²) in [5.41, 5.74) is 1.73. The van der Waals surface area contributed by atoms with E-state index in [2.05, 4.69) is 9.50 Å². The van der Waals surface area contributed by atoms with Gasteiger partial charge < -0.3 is 4.74 Å². The number of hydrogen-bond acceptors (Lipinski definition) is 7. The number of nitrogens with zero attached hydrogens (tertiary/aromatic N) is 5. The molecule has 10 nitrogen and oxygen atoms in total. The lowest BCUT2D eigenvalue weighted by molar-refractivity contribution is -0.151. The van der Waals surface area contributed by atoms with Crippen molar-refractivity contribution in [3.8, 4) is 0 Å². The number of esters is 1. The lowest BCUT2D eigenvalue weighted by Crippen LogP contribution is -2.37. The smallest absolute Gasteiger partial charge is 0.329 e. The van der Waals surface area contributed by atoms with E-state index in [-0.39, 0.29) is 35.0 Å². The topological polar surface area (TPSA) is 115 Å². The molecule has 3 aromatic rings. The molecule has 2 aliphatic rings. The first-order valence-corrected chi connectivity index (χ1v) is 13.5. The van der Waals surface area contributed by atoms with Crippen molar-refractivity contribution < 1.29 is 17.9 Å². The summed E-state index contributed by atoms with van der Waals surface area (Å²) in [6.07, 6.45) is 4.53. The summed E-state index contributed by atoms with van der Waals surface area (Å²) in [5, 5.41) is 5.86. The third-order valence-electron chi connectivity index (χ3n) is 7.02. The second-order valence-corrected chi connectivity index (χ2v) is 11.7. The molecule has 1 aliphatic carbocycles. The minimum Gasteiger partial charge on any atom is -0.469 e. The largest absolute Gasteiger partial charge is 0.469 e. The third kappa shape index (κ3) is 4.26. The summed E-state index contributed by atoms with van der Waals surface area (Å²) in [6, 6.07) is 12.3. The van der Waals surface area contributed by atoms with Crippen LogP contribution in [0.25, 0.3) is 11.0 Å². The van der Waals surface area contributed by atoms with E-state index in [4.69, 9.17) is 4.74 Å². The van der Waals surface area contributed by atoms with E-state index in [9.17, 15) is 18.0 Å². The molecule has 1 aliphatic heterocycles. The summed E-state index contributed by atoms with van der Waals surface area (Å²) in [7, 11) is -0.764. The quantitative estimate of drug-likeness (QED) is 0.279. The fourth-order valence-corrected chi connectivity index (χ4v) is 6.02. The highest BCUT2D eigenvalue weighted by molar-refractivity contribution is 7.90. The summed E-state index contributed by atoms with van der Waals surface area (Å²) in [5.74, 6) is -0.135. The van der Waals surface area contributed by atoms with Gasteiger partial charge in [0.25, 0.3) is 10.0 Å². The van der Waals surface area contributed by atoms with E-state index >= 15 is 0 Å². The van der Waals surface area contributed by atoms with Gasteiger partial charge in [0.2, 0.25) is 0 Å². The number of aromatic nitrogens is 2. The van der Waals surface area contributed by atoms with Gasteiger partial charge in [-0.1, -0.05) is 18.2 Å². The number of fused-ring (bicyclic) bond motifs is 2. The number of sulfonamides is 1. The first-order valence-electron chi connectivity index (χ1n) is 12.1. The average molecular weight is 524 g/mol. The Morgan fingerprint density at radius 2 is 1.95 bits per heavy atom. The Labute approximate surface area is 214 Å². The van der Waals surface area contributed by atoms with Crippen molar-refractivity contribution in [2.45, 2.75) is 50.6 Å². The van der Waals surface area contributed by atoms with Crippen LogP contribution >= 0.6 is 0 Å². The molecule has 0 unspecified atom stereocenters. The van der Waals surface area contributed by atoms with Gasteiger partial charge >= 0.3 is 11.7 Å². The fraction of sp³-hybridized carbons (Fsp3) is 0.385. The number of imidazole rings is 1. The van der Waals surface area contributed by atoms with E-state index in [1.807, 2.05) is 22.8 Å². The predicted octanol–water partition coefficient (Wildman–Crippen LogP) is 3.14. The molecule has 1 fully saturated rings. The molecule has 0 radical (unpaired) electrons. The molecule has 0 atom stereocenters. The molecule has 5 rings (SSSR count). The van der Waals surface area contributed by atoms with E-state index in [1.165, 1.54) is 18.2 Å². The lowest BCUT2D eigenvalue weighted by Gasteiger charge is -2.26. The van der Waals surface area contributed by atoms with Gasteiger partial charge in [0.15, 0.2) is 5.84 Å². The molecule has 0 N–H and O–H groups in total. The third-order valence-corrected chi connectivity index (χ3v) is 8.34. The van der Waals surface area contributed by atoms with E-state index in [0.717, 1.165) is 35.9 Å². The van der Waals surface area contributed by atoms with Gasteiger partial charge in [-0.05, 0) is 62.9 Å². The highest BCUT2D eigenvalue weighted by atomic mass is 32.2. The van der Waals surface area contributed by atoms with Crippen LogP contribution in [0.4, 0.5) is 0 Å². The average Bonchev–Trinajstić information content (AvgIpc) is 3.26. The van der Waals surface area contributed by atoms with Crippen LogP contribution in [0.3, 0.4) is 0 Å². The van der Waals surface area contributed by atoms with Crippen LogP contribution in [-0.4, -0.2) is 54.7 Å². The molecule has 0 bridgehead atoms. The Kier molecular flexibility index (Phi) is 6.06. The molecule has 11 heteroatoms. The Morgan fingerprint density at radius 3 is 2.62 bits per heavy atom. The number of carbonyl (C=O) groups is 1. The number of ether oxygens (including phenoxy) is 1. The van der Waals surface area contributed by atoms with Crippen LogP contribution < -0.4 is 5.69 Å². The molecule has 0 saturated heterocycles. The molecular weight excluding hydrogens is 494 g/mol. The van der Waals surface area contributed by atoms with Crippen LogP contribution in [-0.2, 0) is 26.1 Å². The molecule has 194 valence electrons. The zero-order valence-electron chi connectivity index (χ0n) is 21.2. The molecular formula is C26H29N5O5S. The van der Waals surface area contributed by atoms with Crippen molar-refractivity contribution in [1.29, 1.82) is 0 Å². The van der Waals surface area contributed by atoms with Crippen molar-refractivity contribution >= 4 is 39.1 Å². The maximum Gasteiger partial charge on any atom is 0.329 e. The summed E-state index contributed by atoms with van der Waals surface area (Å²) in [6.45, 7) is 3.72. The van der Waals surface area contributed by atoms with Gasteiger partial charge in [-0.2, -0.15) is 13.5 Å². The van der Waals surface area contributed by atoms with E-state index in [1.54, 1.807) is 49.9 Å². The van der Waals surface area contributed by atoms with E-state index < -0.39 is 15.4 Å². The summed E-state index contributed by atoms with van der Waals surface area (Å²) < 4.78 is 37.1. The van der Waals surface area contributed by atoms with Gasteiger partial charge in [-0.3, -0.25) is 13.9 Å². The zero-order valence-corrected chi connectivity index (χ0v) is 22.0. The Morgan fingerprint density at radius 1 is 1.22 bits per heavy atom. The molecule has 2 heterocycles. The molecule has 1 saturated carbocycles. The fourth-order valence-electron chi connectivity index (χ4n) is 4.79. The predicted molar refractivity (Wildman–Crippen MR) is 140 cm³/mol. The molecule has 0 amide bonds. The first-order chi connectivity index (χ1) is 17.5. The second kappa shape index (κ2) is 8.98. The van der Waals surface area contributed by atoms with Crippen molar-refractivity contribution in [2.24, 2.45) is 14.9 Å². The van der Waals surface area contributed by atoms with Gasteiger partial charge in [0, 0.05) is 25.2 Å². The molecule has 37 heavy (non-hydrogen) atoms. The Balaban J connectivity index is 1.51. The van der Waals surface area contributed by atoms with Crippen molar-refractivity contribution in [3.63, 3.8) is 0 Å². The minimum absolute atomic E-state index is 0.113. The normalized spacial score (nSPS) is 17.0. The molecule has 0 spiro atoms. The van der Waals surface area contributed by atoms with Crippen LogP contribution in [0.15, 0.2) is 61.7 Å². The van der Waals surface area contributed by atoms with Crippen LogP contribution in [0.1, 0.15) is 50.3 Å². The number of amidine groups is 1. The van der Waals surface area contributed by atoms with Crippen LogP contribution in [0.2, 0.25) is 0 Å². The minimum atomic E-state index is -3.75. The maximum absolute atomic E-state index is 13.5. The number of hydrazone groups is 1. The Bertz CT molecular complexity index is 1630. The summed E-state index contributed by atoms with van der Waals surface area (Å²) in [4.78, 5) is 26.0. The highest BCUT2D eigenvalue weighted by Gasteiger charge is 2.33. The first kappa shape index (κ1) is 24.9. The van der Waals surface area contributed by atoms with Crippen LogP contribution in [0, 0.1) is 5.41 Å². The monoisotopic (exact) mass is 523 g/mol. The number of benzene rings is 2. The zero-order chi connectivity index (χ0) is 26.5. The summed E-state index contributed by atoms with van der Waals surface area (Å²) >= 11 is 0. The van der Waals surface area contributed by atoms with Crippen molar-refractivity contribution in [1.82, 2.24) is 14.1 Å². The van der Waals surface area contributed by atoms with Gasteiger partial charge in [-0.25, -0.2) is 9.80 Å². The van der Waals surface area contributed by atoms with Crippen molar-refractivity contribution in [3.05, 3.63) is 64.1 Å². The second-order valence-electron chi connectivity index (χ2n) is 10.1. The number of rotatable bonds is 6. The number of hydrogen-bond donors (Lipinski definition) is 0. The van der Waals surface area contributed by atoms with Gasteiger partial charge in [0.05, 0.1) is 29.8 Å².